The number of amides is 1. The van der Waals surface area contributed by atoms with Crippen molar-refractivity contribution in [1.82, 2.24) is 9.88 Å². The van der Waals surface area contributed by atoms with Crippen LogP contribution in [0.4, 0.5) is 5.13 Å². The van der Waals surface area contributed by atoms with E-state index < -0.39 is 0 Å². The van der Waals surface area contributed by atoms with Gasteiger partial charge in [-0.25, -0.2) is 4.98 Å². The van der Waals surface area contributed by atoms with Crippen LogP contribution in [0.15, 0.2) is 5.38 Å². The van der Waals surface area contributed by atoms with E-state index in [1.165, 1.54) is 12.8 Å². The molecule has 0 radical (unpaired) electrons. The fourth-order valence-electron chi connectivity index (χ4n) is 3.47. The lowest BCUT2D eigenvalue weighted by molar-refractivity contribution is -0.122. The summed E-state index contributed by atoms with van der Waals surface area (Å²) >= 11 is 1.55. The van der Waals surface area contributed by atoms with Crippen LogP contribution in [0.5, 0.6) is 0 Å². The van der Waals surface area contributed by atoms with Crippen LogP contribution < -0.4 is 5.32 Å². The molecule has 1 amide bonds. The molecule has 1 saturated heterocycles. The Hall–Kier alpha value is -0.940. The molecule has 0 bridgehead atoms. The van der Waals surface area contributed by atoms with E-state index >= 15 is 0 Å². The van der Waals surface area contributed by atoms with Crippen molar-refractivity contribution in [1.29, 1.82) is 0 Å². The third-order valence-corrected chi connectivity index (χ3v) is 5.39. The number of aromatic nitrogens is 1. The highest BCUT2D eigenvalue weighted by atomic mass is 32.1. The minimum atomic E-state index is 0.155. The van der Waals surface area contributed by atoms with Crippen LogP contribution in [0.2, 0.25) is 0 Å². The molecule has 5 heteroatoms. The van der Waals surface area contributed by atoms with Crippen molar-refractivity contribution in [2.75, 3.05) is 18.4 Å². The molecule has 1 saturated carbocycles. The van der Waals surface area contributed by atoms with Gasteiger partial charge >= 0.3 is 0 Å². The number of carbonyl (C=O) groups is 1. The van der Waals surface area contributed by atoms with Crippen molar-refractivity contribution < 1.29 is 4.79 Å². The van der Waals surface area contributed by atoms with Crippen LogP contribution >= 0.6 is 11.3 Å². The molecule has 4 nitrogen and oxygen atoms in total. The quantitative estimate of drug-likeness (QED) is 0.927. The van der Waals surface area contributed by atoms with Crippen molar-refractivity contribution in [2.45, 2.75) is 46.1 Å². The van der Waals surface area contributed by atoms with Gasteiger partial charge in [0.2, 0.25) is 5.91 Å². The molecule has 2 aliphatic rings. The van der Waals surface area contributed by atoms with Crippen LogP contribution in [0, 0.1) is 17.8 Å². The van der Waals surface area contributed by atoms with Gasteiger partial charge in [0.05, 0.1) is 5.69 Å². The Morgan fingerprint density at radius 3 is 2.71 bits per heavy atom. The number of nitrogens with zero attached hydrogens (tertiary/aromatic N) is 2. The highest BCUT2D eigenvalue weighted by molar-refractivity contribution is 7.13. The normalized spacial score (nSPS) is 27.3. The summed E-state index contributed by atoms with van der Waals surface area (Å²) in [6.45, 7) is 7.88. The lowest BCUT2D eigenvalue weighted by Gasteiger charge is -2.34. The maximum Gasteiger partial charge on any atom is 0.229 e. The Morgan fingerprint density at radius 1 is 1.38 bits per heavy atom. The Balaban J connectivity index is 1.53. The first-order valence-corrected chi connectivity index (χ1v) is 8.95. The van der Waals surface area contributed by atoms with Gasteiger partial charge < -0.3 is 5.32 Å². The summed E-state index contributed by atoms with van der Waals surface area (Å²) < 4.78 is 0. The molecule has 2 heterocycles. The smallest absolute Gasteiger partial charge is 0.229 e. The SMILES string of the molecule is C[C@@H]1C[C@@H](C)CN(Cc2csc(NC(=O)C3CCC3)n2)C1. The van der Waals surface area contributed by atoms with Gasteiger partial charge in [-0.05, 0) is 31.1 Å². The second-order valence-corrected chi connectivity index (χ2v) is 7.76. The van der Waals surface area contributed by atoms with E-state index in [-0.39, 0.29) is 11.8 Å². The molecule has 1 aliphatic heterocycles. The molecule has 3 rings (SSSR count). The number of anilines is 1. The van der Waals surface area contributed by atoms with Gasteiger partial charge in [-0.1, -0.05) is 20.3 Å². The molecule has 116 valence electrons. The highest BCUT2D eigenvalue weighted by Gasteiger charge is 2.26. The zero-order valence-electron chi connectivity index (χ0n) is 13.0. The summed E-state index contributed by atoms with van der Waals surface area (Å²) in [7, 11) is 0. The molecule has 2 atom stereocenters. The second-order valence-electron chi connectivity index (χ2n) is 6.90. The first-order valence-electron chi connectivity index (χ1n) is 8.07. The van der Waals surface area contributed by atoms with Crippen LogP contribution in [0.1, 0.15) is 45.2 Å². The van der Waals surface area contributed by atoms with Gasteiger partial charge in [-0.15, -0.1) is 11.3 Å². The third-order valence-electron chi connectivity index (χ3n) is 4.59. The highest BCUT2D eigenvalue weighted by Crippen LogP contribution is 2.28. The van der Waals surface area contributed by atoms with Crippen LogP contribution in [0.25, 0.3) is 0 Å². The molecule has 1 aromatic rings. The van der Waals surface area contributed by atoms with E-state index in [1.807, 2.05) is 0 Å². The number of rotatable bonds is 4. The molecular formula is C16H25N3OS. The Morgan fingerprint density at radius 2 is 2.10 bits per heavy atom. The monoisotopic (exact) mass is 307 g/mol. The van der Waals surface area contributed by atoms with Crippen molar-refractivity contribution in [3.63, 3.8) is 0 Å². The molecular weight excluding hydrogens is 282 g/mol. The number of likely N-dealkylation sites (tertiary alicyclic amines) is 1. The standard InChI is InChI=1S/C16H25N3OS/c1-11-6-12(2)8-19(7-11)9-14-10-21-16(17-14)18-15(20)13-4-3-5-13/h10-13H,3-9H2,1-2H3,(H,17,18,20)/t11-,12-/m1/s1. The predicted octanol–water partition coefficient (Wildman–Crippen LogP) is 3.36. The van der Waals surface area contributed by atoms with E-state index in [0.717, 1.165) is 55.1 Å². The molecule has 0 spiro atoms. The van der Waals surface area contributed by atoms with Gasteiger partial charge in [-0.3, -0.25) is 9.69 Å². The largest absolute Gasteiger partial charge is 0.302 e. The summed E-state index contributed by atoms with van der Waals surface area (Å²) in [6.07, 6.45) is 4.59. The van der Waals surface area contributed by atoms with Crippen molar-refractivity contribution in [2.24, 2.45) is 17.8 Å². The van der Waals surface area contributed by atoms with Gasteiger partial charge in [0.25, 0.3) is 0 Å². The lowest BCUT2D eigenvalue weighted by Crippen LogP contribution is -2.38. The fourth-order valence-corrected chi connectivity index (χ4v) is 4.17. The Bertz CT molecular complexity index is 487. The number of carbonyl (C=O) groups excluding carboxylic acids is 1. The number of thiazole rings is 1. The molecule has 1 aliphatic carbocycles. The molecule has 1 N–H and O–H groups in total. The van der Waals surface area contributed by atoms with E-state index in [0.29, 0.717) is 0 Å². The zero-order chi connectivity index (χ0) is 14.8. The molecule has 0 aromatic carbocycles. The van der Waals surface area contributed by atoms with Gasteiger partial charge in [0, 0.05) is 30.9 Å². The number of nitrogens with one attached hydrogen (secondary N) is 1. The van der Waals surface area contributed by atoms with Crippen molar-refractivity contribution in [3.05, 3.63) is 11.1 Å². The summed E-state index contributed by atoms with van der Waals surface area (Å²) in [5.41, 5.74) is 1.09. The maximum atomic E-state index is 11.9. The minimum absolute atomic E-state index is 0.155. The third kappa shape index (κ3) is 3.83. The van der Waals surface area contributed by atoms with Gasteiger partial charge in [-0.2, -0.15) is 0 Å². The Kier molecular flexibility index (Phi) is 4.60. The topological polar surface area (TPSA) is 45.2 Å². The van der Waals surface area contributed by atoms with Crippen LogP contribution in [0.3, 0.4) is 0 Å². The summed E-state index contributed by atoms with van der Waals surface area (Å²) in [4.78, 5) is 19.0. The maximum absolute atomic E-state index is 11.9. The van der Waals surface area contributed by atoms with Gasteiger partial charge in [0.15, 0.2) is 5.13 Å². The van der Waals surface area contributed by atoms with E-state index in [1.54, 1.807) is 11.3 Å². The van der Waals surface area contributed by atoms with Crippen LogP contribution in [-0.4, -0.2) is 28.9 Å². The molecule has 1 aromatic heterocycles. The summed E-state index contributed by atoms with van der Waals surface area (Å²) in [5, 5.41) is 5.82. The second kappa shape index (κ2) is 6.44. The number of hydrogen-bond acceptors (Lipinski definition) is 4. The summed E-state index contributed by atoms with van der Waals surface area (Å²) in [6, 6.07) is 0. The predicted molar refractivity (Wildman–Crippen MR) is 86.3 cm³/mol. The number of piperidine rings is 1. The number of hydrogen-bond donors (Lipinski definition) is 1. The minimum Gasteiger partial charge on any atom is -0.302 e. The average molecular weight is 307 g/mol. The first kappa shape index (κ1) is 15.0. The Labute approximate surface area is 130 Å². The fraction of sp³-hybridized carbons (Fsp3) is 0.750. The average Bonchev–Trinajstić information content (AvgIpc) is 2.72. The van der Waals surface area contributed by atoms with Crippen molar-refractivity contribution >= 4 is 22.4 Å². The van der Waals surface area contributed by atoms with E-state index in [9.17, 15) is 4.79 Å². The molecule has 21 heavy (non-hydrogen) atoms. The van der Waals surface area contributed by atoms with Gasteiger partial charge in [0.1, 0.15) is 0 Å². The lowest BCUT2D eigenvalue weighted by atomic mass is 9.85. The molecule has 0 unspecified atom stereocenters. The van der Waals surface area contributed by atoms with E-state index in [2.05, 4.69) is 34.4 Å². The van der Waals surface area contributed by atoms with Crippen LogP contribution in [-0.2, 0) is 11.3 Å². The zero-order valence-corrected chi connectivity index (χ0v) is 13.8. The summed E-state index contributed by atoms with van der Waals surface area (Å²) in [5.74, 6) is 1.92. The van der Waals surface area contributed by atoms with Crippen molar-refractivity contribution in [3.8, 4) is 0 Å². The molecule has 2 fully saturated rings. The van der Waals surface area contributed by atoms with E-state index in [4.69, 9.17) is 0 Å². The first-order chi connectivity index (χ1) is 10.1.